The third-order valence-electron chi connectivity index (χ3n) is 3.05. The molecular formula is C14H27N3O2S. The van der Waals surface area contributed by atoms with Gasteiger partial charge in [0.2, 0.25) is 10.0 Å². The maximum Gasteiger partial charge on any atom is 0.242 e. The van der Waals surface area contributed by atoms with Gasteiger partial charge in [0, 0.05) is 31.0 Å². The molecule has 0 aromatic carbocycles. The van der Waals surface area contributed by atoms with Gasteiger partial charge in [-0.05, 0) is 39.3 Å². The third kappa shape index (κ3) is 4.61. The summed E-state index contributed by atoms with van der Waals surface area (Å²) in [7, 11) is -3.39. The van der Waals surface area contributed by atoms with Gasteiger partial charge in [-0.3, -0.25) is 0 Å². The molecule has 116 valence electrons. The second-order valence-corrected chi connectivity index (χ2v) is 7.01. The summed E-state index contributed by atoms with van der Waals surface area (Å²) in [6.45, 7) is 10.3. The number of sulfonamides is 1. The zero-order valence-corrected chi connectivity index (χ0v) is 13.8. The number of hydrogen-bond acceptors (Lipinski definition) is 3. The molecule has 0 aliphatic carbocycles. The normalized spacial score (nSPS) is 12.2. The van der Waals surface area contributed by atoms with Gasteiger partial charge in [0.25, 0.3) is 0 Å². The minimum Gasteiger partial charge on any atom is -0.346 e. The third-order valence-corrected chi connectivity index (χ3v) is 4.48. The monoisotopic (exact) mass is 301 g/mol. The van der Waals surface area contributed by atoms with Crippen molar-refractivity contribution in [3.63, 3.8) is 0 Å². The van der Waals surface area contributed by atoms with Crippen LogP contribution in [0.15, 0.2) is 17.2 Å². The Morgan fingerprint density at radius 3 is 2.40 bits per heavy atom. The summed E-state index contributed by atoms with van der Waals surface area (Å²) < 4.78 is 29.0. The highest BCUT2D eigenvalue weighted by Crippen LogP contribution is 2.18. The van der Waals surface area contributed by atoms with Crippen LogP contribution >= 0.6 is 0 Å². The Balaban J connectivity index is 2.96. The van der Waals surface area contributed by atoms with Crippen LogP contribution in [0.1, 0.15) is 52.3 Å². The predicted molar refractivity (Wildman–Crippen MR) is 82.3 cm³/mol. The molecule has 0 saturated heterocycles. The Morgan fingerprint density at radius 1 is 1.20 bits per heavy atom. The second kappa shape index (κ2) is 7.81. The molecule has 2 N–H and O–H groups in total. The quantitative estimate of drug-likeness (QED) is 0.688. The Kier molecular flexibility index (Phi) is 6.71. The van der Waals surface area contributed by atoms with Crippen molar-refractivity contribution in [2.75, 3.05) is 13.1 Å². The zero-order valence-electron chi connectivity index (χ0n) is 12.9. The van der Waals surface area contributed by atoms with Gasteiger partial charge in [0.1, 0.15) is 0 Å². The highest BCUT2D eigenvalue weighted by atomic mass is 32.2. The van der Waals surface area contributed by atoms with Crippen molar-refractivity contribution in [2.45, 2.75) is 58.0 Å². The average molecular weight is 301 g/mol. The fourth-order valence-corrected chi connectivity index (χ4v) is 3.16. The van der Waals surface area contributed by atoms with Crippen molar-refractivity contribution in [3.05, 3.63) is 18.0 Å². The molecule has 5 nitrogen and oxygen atoms in total. The highest BCUT2D eigenvalue weighted by molar-refractivity contribution is 7.89. The molecule has 0 atom stereocenters. The van der Waals surface area contributed by atoms with E-state index >= 15 is 0 Å². The Hall–Kier alpha value is -0.850. The average Bonchev–Trinajstić information content (AvgIpc) is 2.82. The van der Waals surface area contributed by atoms with Gasteiger partial charge in [-0.15, -0.1) is 0 Å². The fraction of sp³-hybridized carbons (Fsp3) is 0.714. The van der Waals surface area contributed by atoms with E-state index in [4.69, 9.17) is 0 Å². The molecule has 0 aliphatic rings. The van der Waals surface area contributed by atoms with E-state index in [0.29, 0.717) is 18.0 Å². The van der Waals surface area contributed by atoms with Gasteiger partial charge in [-0.2, -0.15) is 0 Å². The van der Waals surface area contributed by atoms with E-state index in [-0.39, 0.29) is 6.04 Å². The number of rotatable bonds is 9. The van der Waals surface area contributed by atoms with Crippen LogP contribution in [0.4, 0.5) is 0 Å². The standard InChI is InChI=1S/C14H27N3O2S/c1-5-7-15-10-13-9-14(11-17(13)12(3)4)20(18,19)16-8-6-2/h9,11-12,15-16H,5-8,10H2,1-4H3. The summed E-state index contributed by atoms with van der Waals surface area (Å²) in [5, 5.41) is 3.32. The summed E-state index contributed by atoms with van der Waals surface area (Å²) in [5.74, 6) is 0. The van der Waals surface area contributed by atoms with Crippen LogP contribution in [-0.2, 0) is 16.6 Å². The van der Waals surface area contributed by atoms with E-state index in [1.54, 1.807) is 12.3 Å². The van der Waals surface area contributed by atoms with Crippen molar-refractivity contribution in [2.24, 2.45) is 0 Å². The van der Waals surface area contributed by atoms with Crippen molar-refractivity contribution in [3.8, 4) is 0 Å². The molecule has 6 heteroatoms. The van der Waals surface area contributed by atoms with Gasteiger partial charge >= 0.3 is 0 Å². The van der Waals surface area contributed by atoms with Gasteiger partial charge < -0.3 is 9.88 Å². The molecule has 0 unspecified atom stereocenters. The summed E-state index contributed by atoms with van der Waals surface area (Å²) >= 11 is 0. The first-order valence-corrected chi connectivity index (χ1v) is 8.81. The molecule has 0 bridgehead atoms. The lowest BCUT2D eigenvalue weighted by Crippen LogP contribution is -2.24. The zero-order chi connectivity index (χ0) is 15.2. The van der Waals surface area contributed by atoms with Crippen LogP contribution in [0.2, 0.25) is 0 Å². The number of nitrogens with one attached hydrogen (secondary N) is 2. The van der Waals surface area contributed by atoms with Gasteiger partial charge in [-0.25, -0.2) is 13.1 Å². The van der Waals surface area contributed by atoms with Crippen LogP contribution in [0.5, 0.6) is 0 Å². The molecule has 0 radical (unpaired) electrons. The Morgan fingerprint density at radius 2 is 1.85 bits per heavy atom. The van der Waals surface area contributed by atoms with Crippen LogP contribution in [0.3, 0.4) is 0 Å². The maximum absolute atomic E-state index is 12.2. The largest absolute Gasteiger partial charge is 0.346 e. The van der Waals surface area contributed by atoms with Gasteiger partial charge in [0.05, 0.1) is 4.90 Å². The lowest BCUT2D eigenvalue weighted by Gasteiger charge is -2.13. The summed E-state index contributed by atoms with van der Waals surface area (Å²) in [6.07, 6.45) is 3.58. The van der Waals surface area contributed by atoms with Crippen LogP contribution < -0.4 is 10.0 Å². The van der Waals surface area contributed by atoms with Crippen LogP contribution in [0, 0.1) is 0 Å². The molecule has 20 heavy (non-hydrogen) atoms. The van der Waals surface area contributed by atoms with Crippen molar-refractivity contribution in [1.82, 2.24) is 14.6 Å². The Labute approximate surface area is 122 Å². The van der Waals surface area contributed by atoms with Crippen LogP contribution in [-0.4, -0.2) is 26.1 Å². The van der Waals surface area contributed by atoms with Crippen molar-refractivity contribution in [1.29, 1.82) is 0 Å². The Bertz CT molecular complexity index is 506. The molecule has 0 fully saturated rings. The van der Waals surface area contributed by atoms with E-state index < -0.39 is 10.0 Å². The number of nitrogens with zero attached hydrogens (tertiary/aromatic N) is 1. The van der Waals surface area contributed by atoms with E-state index in [2.05, 4.69) is 30.8 Å². The maximum atomic E-state index is 12.2. The summed E-state index contributed by atoms with van der Waals surface area (Å²) in [5.41, 5.74) is 1.00. The summed E-state index contributed by atoms with van der Waals surface area (Å²) in [6, 6.07) is 2.00. The first-order chi connectivity index (χ1) is 9.42. The molecular weight excluding hydrogens is 274 g/mol. The lowest BCUT2D eigenvalue weighted by atomic mass is 10.3. The SMILES string of the molecule is CCCNCc1cc(S(=O)(=O)NCCC)cn1C(C)C. The predicted octanol–water partition coefficient (Wildman–Crippen LogP) is 2.26. The topological polar surface area (TPSA) is 63.1 Å². The molecule has 0 aliphatic heterocycles. The number of hydrogen-bond donors (Lipinski definition) is 2. The lowest BCUT2D eigenvalue weighted by molar-refractivity contribution is 0.549. The molecule has 1 heterocycles. The first kappa shape index (κ1) is 17.2. The van der Waals surface area contributed by atoms with E-state index in [1.165, 1.54) is 0 Å². The minimum atomic E-state index is -3.39. The van der Waals surface area contributed by atoms with Crippen molar-refractivity contribution >= 4 is 10.0 Å². The van der Waals surface area contributed by atoms with Crippen LogP contribution in [0.25, 0.3) is 0 Å². The number of aromatic nitrogens is 1. The van der Waals surface area contributed by atoms with E-state index in [9.17, 15) is 8.42 Å². The molecule has 0 amide bonds. The molecule has 0 spiro atoms. The van der Waals surface area contributed by atoms with Gasteiger partial charge in [-0.1, -0.05) is 13.8 Å². The molecule has 1 rings (SSSR count). The summed E-state index contributed by atoms with van der Waals surface area (Å²) in [4.78, 5) is 0.355. The van der Waals surface area contributed by atoms with Gasteiger partial charge in [0.15, 0.2) is 0 Å². The fourth-order valence-electron chi connectivity index (χ4n) is 1.98. The van der Waals surface area contributed by atoms with Crippen molar-refractivity contribution < 1.29 is 8.42 Å². The highest BCUT2D eigenvalue weighted by Gasteiger charge is 2.18. The first-order valence-electron chi connectivity index (χ1n) is 7.33. The van der Waals surface area contributed by atoms with E-state index in [1.807, 2.05) is 11.5 Å². The molecule has 1 aromatic rings. The smallest absolute Gasteiger partial charge is 0.242 e. The second-order valence-electron chi connectivity index (χ2n) is 5.24. The molecule has 0 saturated carbocycles. The van der Waals surface area contributed by atoms with E-state index in [0.717, 1.165) is 25.1 Å². The molecule has 1 aromatic heterocycles. The minimum absolute atomic E-state index is 0.239.